The van der Waals surface area contributed by atoms with E-state index in [0.29, 0.717) is 22.3 Å². The number of aryl methyl sites for hydroxylation is 1. The number of anilines is 2. The summed E-state index contributed by atoms with van der Waals surface area (Å²) in [7, 11) is 0. The summed E-state index contributed by atoms with van der Waals surface area (Å²) in [6.45, 7) is 0.780. The maximum atomic E-state index is 12.1. The first-order valence-corrected chi connectivity index (χ1v) is 10.1. The largest absolute Gasteiger partial charge is 0.494 e. The Labute approximate surface area is 180 Å². The molecule has 0 heterocycles. The van der Waals surface area contributed by atoms with Crippen LogP contribution in [-0.2, 0) is 11.2 Å². The van der Waals surface area contributed by atoms with Crippen LogP contribution in [0.2, 0.25) is 10.0 Å². The lowest BCUT2D eigenvalue weighted by molar-refractivity contribution is -0.114. The quantitative estimate of drug-likeness (QED) is 0.407. The topological polar surface area (TPSA) is 50.4 Å². The molecule has 2 N–H and O–H groups in total. The molecular weight excluding hydrogens is 407 g/mol. The van der Waals surface area contributed by atoms with E-state index in [9.17, 15) is 4.79 Å². The second-order valence-electron chi connectivity index (χ2n) is 6.49. The molecule has 0 unspecified atom stereocenters. The van der Waals surface area contributed by atoms with Crippen molar-refractivity contribution in [3.63, 3.8) is 0 Å². The predicted octanol–water partition coefficient (Wildman–Crippen LogP) is 6.06. The zero-order valence-electron chi connectivity index (χ0n) is 15.8. The maximum Gasteiger partial charge on any atom is 0.243 e. The first-order valence-electron chi connectivity index (χ1n) is 9.36. The molecule has 0 aliphatic rings. The minimum Gasteiger partial charge on any atom is -0.494 e. The lowest BCUT2D eigenvalue weighted by Crippen LogP contribution is -2.21. The molecule has 0 bridgehead atoms. The van der Waals surface area contributed by atoms with Gasteiger partial charge in [0, 0.05) is 10.7 Å². The first-order chi connectivity index (χ1) is 14.1. The molecular formula is C23H22Cl2N2O2. The fourth-order valence-electron chi connectivity index (χ4n) is 2.75. The van der Waals surface area contributed by atoms with Crippen molar-refractivity contribution in [2.24, 2.45) is 0 Å². The molecule has 3 rings (SSSR count). The number of nitrogens with one attached hydrogen (secondary N) is 2. The van der Waals surface area contributed by atoms with Crippen LogP contribution in [0.4, 0.5) is 11.4 Å². The Kier molecular flexibility index (Phi) is 7.79. The van der Waals surface area contributed by atoms with Crippen molar-refractivity contribution in [1.29, 1.82) is 0 Å². The van der Waals surface area contributed by atoms with Crippen LogP contribution in [0.3, 0.4) is 0 Å². The normalized spacial score (nSPS) is 10.4. The van der Waals surface area contributed by atoms with Crippen molar-refractivity contribution < 1.29 is 9.53 Å². The molecule has 0 saturated heterocycles. The van der Waals surface area contributed by atoms with Gasteiger partial charge >= 0.3 is 0 Å². The van der Waals surface area contributed by atoms with Crippen LogP contribution < -0.4 is 15.4 Å². The molecule has 3 aromatic rings. The van der Waals surface area contributed by atoms with Gasteiger partial charge in [-0.25, -0.2) is 0 Å². The smallest absolute Gasteiger partial charge is 0.243 e. The molecule has 150 valence electrons. The van der Waals surface area contributed by atoms with Gasteiger partial charge < -0.3 is 15.4 Å². The number of carbonyl (C=O) groups is 1. The van der Waals surface area contributed by atoms with Crippen LogP contribution in [0.15, 0.2) is 72.8 Å². The molecule has 3 aromatic carbocycles. The van der Waals surface area contributed by atoms with E-state index in [-0.39, 0.29) is 12.5 Å². The van der Waals surface area contributed by atoms with Crippen LogP contribution in [-0.4, -0.2) is 19.1 Å². The molecule has 6 heteroatoms. The van der Waals surface area contributed by atoms with Gasteiger partial charge in [-0.15, -0.1) is 0 Å². The summed E-state index contributed by atoms with van der Waals surface area (Å²) in [5.74, 6) is 0.608. The van der Waals surface area contributed by atoms with Crippen molar-refractivity contribution >= 4 is 40.5 Å². The summed E-state index contributed by atoms with van der Waals surface area (Å²) in [5.41, 5.74) is 2.68. The van der Waals surface area contributed by atoms with Crippen LogP contribution in [0, 0.1) is 0 Å². The van der Waals surface area contributed by atoms with Gasteiger partial charge in [0.05, 0.1) is 23.9 Å². The molecule has 29 heavy (non-hydrogen) atoms. The van der Waals surface area contributed by atoms with Gasteiger partial charge in [-0.3, -0.25) is 4.79 Å². The van der Waals surface area contributed by atoms with Crippen molar-refractivity contribution in [2.75, 3.05) is 23.8 Å². The summed E-state index contributed by atoms with van der Waals surface area (Å²) in [6, 6.07) is 22.8. The molecule has 1 amide bonds. The van der Waals surface area contributed by atoms with E-state index >= 15 is 0 Å². The number of carbonyl (C=O) groups excluding carboxylic acids is 1. The minimum atomic E-state index is -0.199. The molecule has 0 fully saturated rings. The van der Waals surface area contributed by atoms with Crippen LogP contribution >= 0.6 is 23.2 Å². The predicted molar refractivity (Wildman–Crippen MR) is 120 cm³/mol. The number of benzene rings is 3. The fourth-order valence-corrected chi connectivity index (χ4v) is 3.20. The van der Waals surface area contributed by atoms with Crippen LogP contribution in [0.5, 0.6) is 5.75 Å². The second-order valence-corrected chi connectivity index (χ2v) is 7.33. The van der Waals surface area contributed by atoms with Gasteiger partial charge in [-0.05, 0) is 60.9 Å². The summed E-state index contributed by atoms with van der Waals surface area (Å²) in [4.78, 5) is 12.1. The number of amides is 1. The highest BCUT2D eigenvalue weighted by atomic mass is 35.5. The van der Waals surface area contributed by atoms with Crippen molar-refractivity contribution in [3.05, 3.63) is 88.4 Å². The number of rotatable bonds is 9. The van der Waals surface area contributed by atoms with E-state index in [4.69, 9.17) is 27.9 Å². The van der Waals surface area contributed by atoms with Crippen molar-refractivity contribution in [1.82, 2.24) is 0 Å². The molecule has 0 aromatic heterocycles. The van der Waals surface area contributed by atoms with Gasteiger partial charge in [-0.2, -0.15) is 0 Å². The van der Waals surface area contributed by atoms with Crippen molar-refractivity contribution in [2.45, 2.75) is 12.8 Å². The van der Waals surface area contributed by atoms with Gasteiger partial charge in [0.15, 0.2) is 0 Å². The van der Waals surface area contributed by atoms with E-state index in [0.717, 1.165) is 24.3 Å². The third-order valence-electron chi connectivity index (χ3n) is 4.23. The Hall–Kier alpha value is -2.69. The van der Waals surface area contributed by atoms with E-state index in [1.807, 2.05) is 42.5 Å². The highest BCUT2D eigenvalue weighted by Crippen LogP contribution is 2.25. The number of halogens is 2. The zero-order valence-corrected chi connectivity index (χ0v) is 17.3. The van der Waals surface area contributed by atoms with Crippen molar-refractivity contribution in [3.8, 4) is 5.75 Å². The summed E-state index contributed by atoms with van der Waals surface area (Å²) < 4.78 is 5.78. The Morgan fingerprint density at radius 3 is 2.41 bits per heavy atom. The maximum absolute atomic E-state index is 12.1. The number of ether oxygens (including phenoxy) is 1. The summed E-state index contributed by atoms with van der Waals surface area (Å²) >= 11 is 11.9. The standard InChI is InChI=1S/C23H22Cl2N2O2/c24-18-8-13-22(21(25)15-18)27-23(28)16-26-19-9-11-20(12-10-19)29-14-4-7-17-5-2-1-3-6-17/h1-3,5-6,8-13,15,26H,4,7,14,16H2,(H,27,28). The second kappa shape index (κ2) is 10.7. The van der Waals surface area contributed by atoms with E-state index in [1.165, 1.54) is 5.56 Å². The molecule has 0 radical (unpaired) electrons. The van der Waals surface area contributed by atoms with E-state index in [2.05, 4.69) is 22.8 Å². The van der Waals surface area contributed by atoms with E-state index in [1.54, 1.807) is 18.2 Å². The highest BCUT2D eigenvalue weighted by Gasteiger charge is 2.06. The summed E-state index contributed by atoms with van der Waals surface area (Å²) in [5, 5.41) is 6.75. The van der Waals surface area contributed by atoms with Crippen LogP contribution in [0.25, 0.3) is 0 Å². The highest BCUT2D eigenvalue weighted by molar-refractivity contribution is 6.36. The Morgan fingerprint density at radius 2 is 1.69 bits per heavy atom. The fraction of sp³-hybridized carbons (Fsp3) is 0.174. The molecule has 0 aliphatic heterocycles. The average molecular weight is 429 g/mol. The SMILES string of the molecule is O=C(CNc1ccc(OCCCc2ccccc2)cc1)Nc1ccc(Cl)cc1Cl. The number of hydrogen-bond donors (Lipinski definition) is 2. The molecule has 0 saturated carbocycles. The van der Waals surface area contributed by atoms with Gasteiger partial charge in [0.2, 0.25) is 5.91 Å². The Bertz CT molecular complexity index is 931. The van der Waals surface area contributed by atoms with Crippen LogP contribution in [0.1, 0.15) is 12.0 Å². The molecule has 0 spiro atoms. The van der Waals surface area contributed by atoms with Gasteiger partial charge in [0.25, 0.3) is 0 Å². The lowest BCUT2D eigenvalue weighted by atomic mass is 10.1. The molecule has 0 atom stereocenters. The minimum absolute atomic E-state index is 0.121. The third-order valence-corrected chi connectivity index (χ3v) is 4.78. The van der Waals surface area contributed by atoms with E-state index < -0.39 is 0 Å². The Morgan fingerprint density at radius 1 is 0.931 bits per heavy atom. The average Bonchev–Trinajstić information content (AvgIpc) is 2.73. The monoisotopic (exact) mass is 428 g/mol. The lowest BCUT2D eigenvalue weighted by Gasteiger charge is -2.10. The molecule has 4 nitrogen and oxygen atoms in total. The zero-order chi connectivity index (χ0) is 20.5. The Balaban J connectivity index is 1.39. The number of hydrogen-bond acceptors (Lipinski definition) is 3. The summed E-state index contributed by atoms with van der Waals surface area (Å²) in [6.07, 6.45) is 1.95. The first kappa shape index (κ1) is 21.0. The van der Waals surface area contributed by atoms with Gasteiger partial charge in [0.1, 0.15) is 5.75 Å². The van der Waals surface area contributed by atoms with Gasteiger partial charge in [-0.1, -0.05) is 53.5 Å². The molecule has 0 aliphatic carbocycles. The third kappa shape index (κ3) is 7.00.